The first-order valence-electron chi connectivity index (χ1n) is 9.55. The lowest BCUT2D eigenvalue weighted by Gasteiger charge is -2.03. The number of carbonyl (C=O) groups excluding carboxylic acids is 1. The topological polar surface area (TPSA) is 74.8 Å². The van der Waals surface area contributed by atoms with E-state index in [1.807, 2.05) is 25.1 Å². The van der Waals surface area contributed by atoms with E-state index < -0.39 is 11.5 Å². The van der Waals surface area contributed by atoms with Crippen LogP contribution in [-0.2, 0) is 6.42 Å². The van der Waals surface area contributed by atoms with Crippen LogP contribution in [0.1, 0.15) is 34.1 Å². The van der Waals surface area contributed by atoms with Crippen molar-refractivity contribution in [1.82, 2.24) is 9.97 Å². The van der Waals surface area contributed by atoms with Gasteiger partial charge >= 0.3 is 0 Å². The Morgan fingerprint density at radius 3 is 2.66 bits per heavy atom. The highest BCUT2D eigenvalue weighted by atomic mass is 32.1. The van der Waals surface area contributed by atoms with Gasteiger partial charge in [-0.1, -0.05) is 55.8 Å². The Bertz CT molecular complexity index is 1240. The number of aryl methyl sites for hydroxylation is 2. The van der Waals surface area contributed by atoms with Crippen LogP contribution in [0.15, 0.2) is 59.4 Å². The van der Waals surface area contributed by atoms with Gasteiger partial charge in [0.15, 0.2) is 5.13 Å². The summed E-state index contributed by atoms with van der Waals surface area (Å²) < 4.78 is 0. The maximum absolute atomic E-state index is 12.7. The third-order valence-electron chi connectivity index (χ3n) is 4.78. The van der Waals surface area contributed by atoms with E-state index in [-0.39, 0.29) is 5.56 Å². The van der Waals surface area contributed by atoms with E-state index in [1.54, 1.807) is 12.1 Å². The number of nitrogens with zero attached hydrogens (tertiary/aromatic N) is 1. The van der Waals surface area contributed by atoms with E-state index in [4.69, 9.17) is 0 Å². The van der Waals surface area contributed by atoms with Crippen LogP contribution in [-0.4, -0.2) is 15.9 Å². The van der Waals surface area contributed by atoms with Crippen molar-refractivity contribution in [1.29, 1.82) is 0 Å². The lowest BCUT2D eigenvalue weighted by atomic mass is 10.1. The summed E-state index contributed by atoms with van der Waals surface area (Å²) in [5, 5.41) is 4.06. The van der Waals surface area contributed by atoms with Gasteiger partial charge in [-0.2, -0.15) is 0 Å². The van der Waals surface area contributed by atoms with Crippen molar-refractivity contribution in [3.63, 3.8) is 0 Å². The number of pyridine rings is 1. The predicted molar refractivity (Wildman–Crippen MR) is 119 cm³/mol. The fourth-order valence-corrected chi connectivity index (χ4v) is 4.15. The Balaban J connectivity index is 1.59. The van der Waals surface area contributed by atoms with Crippen LogP contribution in [0.2, 0.25) is 0 Å². The SMILES string of the molecule is CCCc1ccc(-c2nc(NC(=O)c3cc4ccccc4[nH]c3=O)sc2C)cc1. The predicted octanol–water partition coefficient (Wildman–Crippen LogP) is 5.16. The number of rotatable bonds is 5. The lowest BCUT2D eigenvalue weighted by molar-refractivity contribution is 0.102. The average Bonchev–Trinajstić information content (AvgIpc) is 3.08. The molecule has 4 rings (SSSR count). The molecule has 2 heterocycles. The van der Waals surface area contributed by atoms with Gasteiger partial charge in [-0.25, -0.2) is 4.98 Å². The maximum atomic E-state index is 12.7. The number of amides is 1. The Morgan fingerprint density at radius 1 is 1.14 bits per heavy atom. The van der Waals surface area contributed by atoms with Crippen molar-refractivity contribution in [2.45, 2.75) is 26.7 Å². The third-order valence-corrected chi connectivity index (χ3v) is 5.67. The van der Waals surface area contributed by atoms with E-state index in [1.165, 1.54) is 16.9 Å². The zero-order valence-electron chi connectivity index (χ0n) is 16.3. The van der Waals surface area contributed by atoms with Crippen LogP contribution in [0.25, 0.3) is 22.2 Å². The number of carbonyl (C=O) groups is 1. The second kappa shape index (κ2) is 8.01. The summed E-state index contributed by atoms with van der Waals surface area (Å²) in [7, 11) is 0. The number of para-hydroxylation sites is 1. The molecule has 5 nitrogen and oxygen atoms in total. The van der Waals surface area contributed by atoms with Gasteiger partial charge < -0.3 is 4.98 Å². The third kappa shape index (κ3) is 3.98. The molecule has 0 spiro atoms. The van der Waals surface area contributed by atoms with Crippen LogP contribution in [0, 0.1) is 6.92 Å². The van der Waals surface area contributed by atoms with Gasteiger partial charge in [-0.3, -0.25) is 14.9 Å². The molecular weight excluding hydrogens is 382 g/mol. The van der Waals surface area contributed by atoms with Crippen LogP contribution in [0.3, 0.4) is 0 Å². The van der Waals surface area contributed by atoms with Gasteiger partial charge in [-0.15, -0.1) is 11.3 Å². The minimum Gasteiger partial charge on any atom is -0.321 e. The number of aromatic amines is 1. The lowest BCUT2D eigenvalue weighted by Crippen LogP contribution is -2.22. The number of nitrogens with one attached hydrogen (secondary N) is 2. The number of benzene rings is 2. The first kappa shape index (κ1) is 19.1. The van der Waals surface area contributed by atoms with E-state index in [0.29, 0.717) is 10.6 Å². The molecule has 6 heteroatoms. The Morgan fingerprint density at radius 2 is 1.90 bits per heavy atom. The standard InChI is InChI=1S/C23H21N3O2S/c1-3-6-15-9-11-16(12-10-15)20-14(2)29-23(25-20)26-22(28)18-13-17-7-4-5-8-19(17)24-21(18)27/h4-5,7-13H,3,6H2,1-2H3,(H,24,27)(H,25,26,28). The van der Waals surface area contributed by atoms with Crippen molar-refractivity contribution >= 4 is 33.3 Å². The number of hydrogen-bond acceptors (Lipinski definition) is 4. The van der Waals surface area contributed by atoms with Gasteiger partial charge in [0.05, 0.1) is 5.69 Å². The molecule has 0 radical (unpaired) electrons. The second-order valence-corrected chi connectivity index (χ2v) is 8.13. The summed E-state index contributed by atoms with van der Waals surface area (Å²) >= 11 is 1.40. The molecule has 0 aliphatic rings. The molecule has 4 aromatic rings. The first-order chi connectivity index (χ1) is 14.0. The van der Waals surface area contributed by atoms with E-state index in [9.17, 15) is 9.59 Å². The first-order valence-corrected chi connectivity index (χ1v) is 10.4. The van der Waals surface area contributed by atoms with Crippen molar-refractivity contribution in [2.24, 2.45) is 0 Å². The van der Waals surface area contributed by atoms with Crippen LogP contribution in [0.5, 0.6) is 0 Å². The molecule has 0 fully saturated rings. The molecule has 2 N–H and O–H groups in total. The minimum absolute atomic E-state index is 0.0713. The van der Waals surface area contributed by atoms with Gasteiger partial charge in [0.2, 0.25) is 0 Å². The summed E-state index contributed by atoms with van der Waals surface area (Å²) in [5.41, 5.74) is 3.52. The maximum Gasteiger partial charge on any atom is 0.263 e. The molecule has 1 amide bonds. The molecule has 0 aliphatic heterocycles. The van der Waals surface area contributed by atoms with Crippen molar-refractivity contribution in [2.75, 3.05) is 5.32 Å². The van der Waals surface area contributed by atoms with Crippen LogP contribution >= 0.6 is 11.3 Å². The minimum atomic E-state index is -0.462. The average molecular weight is 404 g/mol. The highest BCUT2D eigenvalue weighted by Gasteiger charge is 2.16. The van der Waals surface area contributed by atoms with E-state index in [0.717, 1.165) is 34.4 Å². The fourth-order valence-electron chi connectivity index (χ4n) is 3.32. The zero-order valence-corrected chi connectivity index (χ0v) is 17.1. The molecule has 0 unspecified atom stereocenters. The number of fused-ring (bicyclic) bond motifs is 1. The molecule has 0 aliphatic carbocycles. The van der Waals surface area contributed by atoms with Gasteiger partial charge in [0, 0.05) is 16.0 Å². The summed E-state index contributed by atoms with van der Waals surface area (Å²) in [6.07, 6.45) is 2.16. The molecule has 0 saturated heterocycles. The number of thiazole rings is 1. The molecule has 2 aromatic carbocycles. The molecule has 0 saturated carbocycles. The number of hydrogen-bond donors (Lipinski definition) is 2. The quantitative estimate of drug-likeness (QED) is 0.483. The largest absolute Gasteiger partial charge is 0.321 e. The summed E-state index contributed by atoms with van der Waals surface area (Å²) in [6.45, 7) is 4.14. The smallest absolute Gasteiger partial charge is 0.263 e. The van der Waals surface area contributed by atoms with E-state index >= 15 is 0 Å². The molecule has 0 atom stereocenters. The van der Waals surface area contributed by atoms with Gasteiger partial charge in [0.25, 0.3) is 11.5 Å². The second-order valence-electron chi connectivity index (χ2n) is 6.92. The summed E-state index contributed by atoms with van der Waals surface area (Å²) in [4.78, 5) is 33.3. The van der Waals surface area contributed by atoms with Crippen molar-refractivity contribution < 1.29 is 4.79 Å². The van der Waals surface area contributed by atoms with Crippen molar-refractivity contribution in [3.05, 3.63) is 81.0 Å². The van der Waals surface area contributed by atoms with Gasteiger partial charge in [-0.05, 0) is 36.4 Å². The molecule has 2 aromatic heterocycles. The number of H-pyrrole nitrogens is 1. The number of anilines is 1. The Hall–Kier alpha value is -3.25. The molecule has 146 valence electrons. The summed E-state index contributed by atoms with van der Waals surface area (Å²) in [5.74, 6) is -0.462. The molecule has 29 heavy (non-hydrogen) atoms. The molecule has 0 bridgehead atoms. The molecular formula is C23H21N3O2S. The Kier molecular flexibility index (Phi) is 5.27. The monoisotopic (exact) mass is 403 g/mol. The van der Waals surface area contributed by atoms with Crippen LogP contribution in [0.4, 0.5) is 5.13 Å². The number of aromatic nitrogens is 2. The summed E-state index contributed by atoms with van der Waals surface area (Å²) in [6, 6.07) is 17.3. The van der Waals surface area contributed by atoms with Gasteiger partial charge in [0.1, 0.15) is 5.56 Å². The zero-order chi connectivity index (χ0) is 20.4. The normalized spacial score (nSPS) is 11.0. The highest BCUT2D eigenvalue weighted by Crippen LogP contribution is 2.30. The Labute approximate surface area is 172 Å². The highest BCUT2D eigenvalue weighted by molar-refractivity contribution is 7.16. The van der Waals surface area contributed by atoms with Crippen molar-refractivity contribution in [3.8, 4) is 11.3 Å². The fraction of sp³-hybridized carbons (Fsp3) is 0.174. The van der Waals surface area contributed by atoms with E-state index in [2.05, 4.69) is 46.5 Å². The van der Waals surface area contributed by atoms with Crippen LogP contribution < -0.4 is 10.9 Å².